The Morgan fingerprint density at radius 2 is 1.42 bits per heavy atom. The summed E-state index contributed by atoms with van der Waals surface area (Å²) < 4.78 is 31.6. The highest BCUT2D eigenvalue weighted by atomic mass is 35.5. The molecule has 0 atom stereocenters. The molecule has 138 valence electrons. The normalized spacial score (nSPS) is 11.7. The predicted molar refractivity (Wildman–Crippen MR) is 97.7 cm³/mol. The van der Waals surface area contributed by atoms with E-state index >= 15 is 0 Å². The molecule has 6 nitrogen and oxygen atoms in total. The van der Waals surface area contributed by atoms with Crippen molar-refractivity contribution in [3.8, 4) is 0 Å². The minimum Gasteiger partial charge on any atom is -0.456 e. The average molecular weight is 396 g/mol. The van der Waals surface area contributed by atoms with Gasteiger partial charge in [0.05, 0.1) is 10.5 Å². The van der Waals surface area contributed by atoms with E-state index in [1.165, 1.54) is 48.5 Å². The number of nitrogens with one attached hydrogen (secondary N) is 1. The van der Waals surface area contributed by atoms with Gasteiger partial charge in [-0.1, -0.05) is 11.6 Å². The van der Waals surface area contributed by atoms with Crippen LogP contribution in [0.3, 0.4) is 0 Å². The Hall–Kier alpha value is -2.38. The van der Waals surface area contributed by atoms with Crippen molar-refractivity contribution >= 4 is 33.5 Å². The second kappa shape index (κ2) is 7.47. The number of esters is 1. The number of sulfonamides is 1. The maximum Gasteiger partial charge on any atom is 0.338 e. The lowest BCUT2D eigenvalue weighted by atomic mass is 10.1. The van der Waals surface area contributed by atoms with Crippen molar-refractivity contribution in [3.63, 3.8) is 0 Å². The second-order valence-electron chi connectivity index (χ2n) is 6.47. The molecule has 2 rings (SSSR count). The quantitative estimate of drug-likeness (QED) is 0.801. The van der Waals surface area contributed by atoms with Crippen LogP contribution in [0.25, 0.3) is 0 Å². The summed E-state index contributed by atoms with van der Waals surface area (Å²) in [6.07, 6.45) is 0. The van der Waals surface area contributed by atoms with Crippen LogP contribution >= 0.6 is 11.6 Å². The molecule has 0 aliphatic rings. The smallest absolute Gasteiger partial charge is 0.338 e. The van der Waals surface area contributed by atoms with E-state index in [0.29, 0.717) is 5.02 Å². The van der Waals surface area contributed by atoms with E-state index in [4.69, 9.17) is 16.3 Å². The molecule has 0 saturated heterocycles. The highest BCUT2D eigenvalue weighted by Gasteiger charge is 2.20. The maximum atomic E-state index is 12.2. The van der Waals surface area contributed by atoms with Crippen molar-refractivity contribution in [3.05, 3.63) is 64.7 Å². The zero-order valence-corrected chi connectivity index (χ0v) is 16.0. The van der Waals surface area contributed by atoms with E-state index in [1.807, 2.05) is 4.72 Å². The van der Waals surface area contributed by atoms with E-state index in [-0.39, 0.29) is 16.0 Å². The molecular formula is C18H18ClNO5S. The Labute approximate surface area is 157 Å². The molecule has 2 aromatic rings. The standard InChI is InChI=1S/C18H18ClNO5S/c1-18(2,3)25-17(22)13-6-4-12(5-7-13)16(21)20-26(23,24)15-10-8-14(19)9-11-15/h4-11H,1-3H3,(H,20,21). The van der Waals surface area contributed by atoms with Crippen LogP contribution < -0.4 is 4.72 Å². The predicted octanol–water partition coefficient (Wildman–Crippen LogP) is 3.41. The highest BCUT2D eigenvalue weighted by Crippen LogP contribution is 2.15. The van der Waals surface area contributed by atoms with Gasteiger partial charge < -0.3 is 4.74 Å². The van der Waals surface area contributed by atoms with Crippen molar-refractivity contribution in [1.29, 1.82) is 0 Å². The number of hydrogen-bond acceptors (Lipinski definition) is 5. The van der Waals surface area contributed by atoms with E-state index in [2.05, 4.69) is 0 Å². The first kappa shape index (κ1) is 19.9. The van der Waals surface area contributed by atoms with Gasteiger partial charge in [0.2, 0.25) is 0 Å². The summed E-state index contributed by atoms with van der Waals surface area (Å²) in [6.45, 7) is 5.23. The first-order chi connectivity index (χ1) is 12.0. The molecule has 0 radical (unpaired) electrons. The summed E-state index contributed by atoms with van der Waals surface area (Å²) in [5.74, 6) is -1.34. The molecule has 1 N–H and O–H groups in total. The van der Waals surface area contributed by atoms with Gasteiger partial charge in [-0.3, -0.25) is 4.79 Å². The Morgan fingerprint density at radius 1 is 0.923 bits per heavy atom. The molecule has 0 aliphatic carbocycles. The monoisotopic (exact) mass is 395 g/mol. The van der Waals surface area contributed by atoms with Crippen molar-refractivity contribution in [1.82, 2.24) is 4.72 Å². The van der Waals surface area contributed by atoms with Crippen LogP contribution in [0.15, 0.2) is 53.4 Å². The van der Waals surface area contributed by atoms with Gasteiger partial charge in [-0.05, 0) is 69.3 Å². The van der Waals surface area contributed by atoms with Crippen molar-refractivity contribution in [2.45, 2.75) is 31.3 Å². The van der Waals surface area contributed by atoms with Gasteiger partial charge in [0.15, 0.2) is 0 Å². The lowest BCUT2D eigenvalue weighted by Crippen LogP contribution is -2.30. The number of carbonyl (C=O) groups is 2. The fourth-order valence-corrected chi connectivity index (χ4v) is 3.05. The van der Waals surface area contributed by atoms with Crippen LogP contribution in [0.2, 0.25) is 5.02 Å². The fourth-order valence-electron chi connectivity index (χ4n) is 1.95. The fraction of sp³-hybridized carbons (Fsp3) is 0.222. The number of halogens is 1. The highest BCUT2D eigenvalue weighted by molar-refractivity contribution is 7.90. The van der Waals surface area contributed by atoms with Crippen LogP contribution in [0.1, 0.15) is 41.5 Å². The zero-order chi connectivity index (χ0) is 19.5. The van der Waals surface area contributed by atoms with Gasteiger partial charge in [0, 0.05) is 10.6 Å². The maximum absolute atomic E-state index is 12.2. The van der Waals surface area contributed by atoms with Gasteiger partial charge in [0.1, 0.15) is 5.60 Å². The molecule has 0 fully saturated rings. The molecule has 0 aliphatic heterocycles. The molecule has 8 heteroatoms. The Morgan fingerprint density at radius 3 is 1.92 bits per heavy atom. The third-order valence-electron chi connectivity index (χ3n) is 3.13. The third-order valence-corrected chi connectivity index (χ3v) is 4.73. The van der Waals surface area contributed by atoms with Gasteiger partial charge >= 0.3 is 5.97 Å². The minimum absolute atomic E-state index is 0.0828. The number of rotatable bonds is 4. The Balaban J connectivity index is 2.12. The summed E-state index contributed by atoms with van der Waals surface area (Å²) in [4.78, 5) is 24.0. The molecule has 0 heterocycles. The molecular weight excluding hydrogens is 378 g/mol. The van der Waals surface area contributed by atoms with Crippen LogP contribution in [-0.4, -0.2) is 25.9 Å². The van der Waals surface area contributed by atoms with E-state index in [9.17, 15) is 18.0 Å². The largest absolute Gasteiger partial charge is 0.456 e. The molecule has 1 amide bonds. The molecule has 0 bridgehead atoms. The van der Waals surface area contributed by atoms with Gasteiger partial charge in [0.25, 0.3) is 15.9 Å². The average Bonchev–Trinajstić information content (AvgIpc) is 2.53. The van der Waals surface area contributed by atoms with Gasteiger partial charge in [-0.25, -0.2) is 17.9 Å². The van der Waals surface area contributed by atoms with E-state index in [0.717, 1.165) is 0 Å². The number of benzene rings is 2. The van der Waals surface area contributed by atoms with Gasteiger partial charge in [-0.2, -0.15) is 0 Å². The van der Waals surface area contributed by atoms with Crippen LogP contribution in [0.4, 0.5) is 0 Å². The Kier molecular flexibility index (Phi) is 5.73. The summed E-state index contributed by atoms with van der Waals surface area (Å²) in [5, 5.41) is 0.382. The third kappa shape index (κ3) is 5.31. The van der Waals surface area contributed by atoms with Crippen molar-refractivity contribution < 1.29 is 22.7 Å². The van der Waals surface area contributed by atoms with Gasteiger partial charge in [-0.15, -0.1) is 0 Å². The van der Waals surface area contributed by atoms with E-state index in [1.54, 1.807) is 20.8 Å². The topological polar surface area (TPSA) is 89.5 Å². The van der Waals surface area contributed by atoms with Crippen molar-refractivity contribution in [2.24, 2.45) is 0 Å². The second-order valence-corrected chi connectivity index (χ2v) is 8.59. The molecule has 2 aromatic carbocycles. The number of hydrogen-bond donors (Lipinski definition) is 1. The number of ether oxygens (including phenoxy) is 1. The first-order valence-corrected chi connectivity index (χ1v) is 9.50. The summed E-state index contributed by atoms with van der Waals surface area (Å²) in [5.41, 5.74) is -0.286. The van der Waals surface area contributed by atoms with Crippen LogP contribution in [0.5, 0.6) is 0 Å². The molecule has 26 heavy (non-hydrogen) atoms. The first-order valence-electron chi connectivity index (χ1n) is 7.64. The minimum atomic E-state index is -4.02. The van der Waals surface area contributed by atoms with Crippen LogP contribution in [-0.2, 0) is 14.8 Å². The summed E-state index contributed by atoms with van der Waals surface area (Å²) in [7, 11) is -4.02. The Bertz CT molecular complexity index is 914. The summed E-state index contributed by atoms with van der Waals surface area (Å²) in [6, 6.07) is 10.9. The number of amides is 1. The SMILES string of the molecule is CC(C)(C)OC(=O)c1ccc(C(=O)NS(=O)(=O)c2ccc(Cl)cc2)cc1. The van der Waals surface area contributed by atoms with Crippen molar-refractivity contribution in [2.75, 3.05) is 0 Å². The number of carbonyl (C=O) groups excluding carboxylic acids is 2. The van der Waals surface area contributed by atoms with E-state index < -0.39 is 27.5 Å². The molecule has 0 saturated carbocycles. The van der Waals surface area contributed by atoms with Crippen LogP contribution in [0, 0.1) is 0 Å². The lowest BCUT2D eigenvalue weighted by molar-refractivity contribution is 0.00693. The molecule has 0 aromatic heterocycles. The summed E-state index contributed by atoms with van der Waals surface area (Å²) >= 11 is 5.72. The molecule has 0 unspecified atom stereocenters. The zero-order valence-electron chi connectivity index (χ0n) is 14.4. The lowest BCUT2D eigenvalue weighted by Gasteiger charge is -2.19. The molecule has 0 spiro atoms.